The maximum atomic E-state index is 12.7. The summed E-state index contributed by atoms with van der Waals surface area (Å²) in [5.41, 5.74) is 6.15. The molecule has 0 bridgehead atoms. The highest BCUT2D eigenvalue weighted by Gasteiger charge is 2.65. The highest BCUT2D eigenvalue weighted by molar-refractivity contribution is 6.09. The highest BCUT2D eigenvalue weighted by atomic mass is 16.4. The van der Waals surface area contributed by atoms with Gasteiger partial charge in [0.2, 0.25) is 11.8 Å². The van der Waals surface area contributed by atoms with Crippen LogP contribution in [0.25, 0.3) is 12.2 Å². The average Bonchev–Trinajstić information content (AvgIpc) is 3.33. The van der Waals surface area contributed by atoms with Crippen molar-refractivity contribution >= 4 is 36.0 Å². The third-order valence-corrected chi connectivity index (χ3v) is 6.49. The summed E-state index contributed by atoms with van der Waals surface area (Å²) in [6.45, 7) is 0.159. The molecule has 0 aromatic heterocycles. The van der Waals surface area contributed by atoms with Gasteiger partial charge in [-0.3, -0.25) is 25.0 Å². The molecule has 2 fully saturated rings. The van der Waals surface area contributed by atoms with Crippen LogP contribution in [0.4, 0.5) is 4.79 Å². The second-order valence-electron chi connectivity index (χ2n) is 8.56. The lowest BCUT2D eigenvalue weighted by Crippen LogP contribution is -2.55. The van der Waals surface area contributed by atoms with Crippen molar-refractivity contribution in [3.8, 4) is 0 Å². The van der Waals surface area contributed by atoms with Gasteiger partial charge in [-0.25, -0.2) is 4.79 Å². The molecule has 0 radical (unpaired) electrons. The van der Waals surface area contributed by atoms with Crippen molar-refractivity contribution in [2.45, 2.75) is 24.4 Å². The number of carbonyl (C=O) groups is 4. The van der Waals surface area contributed by atoms with Crippen molar-refractivity contribution in [1.29, 1.82) is 0 Å². The number of hydrogen-bond donors (Lipinski definition) is 5. The Balaban J connectivity index is 1.58. The Morgan fingerprint density at radius 1 is 1.00 bits per heavy atom. The van der Waals surface area contributed by atoms with Crippen LogP contribution in [0.5, 0.6) is 0 Å². The molecule has 4 amide bonds. The van der Waals surface area contributed by atoms with E-state index in [1.807, 2.05) is 66.7 Å². The predicted octanol–water partition coefficient (Wildman–Crippen LogP) is 1.66. The first-order valence-corrected chi connectivity index (χ1v) is 11.0. The molecule has 2 saturated heterocycles. The fraction of sp³-hybridized carbons (Fsp3) is 0.280. The lowest BCUT2D eigenvalue weighted by molar-refractivity contribution is -0.149. The van der Waals surface area contributed by atoms with Gasteiger partial charge < -0.3 is 16.2 Å². The highest BCUT2D eigenvalue weighted by Crippen LogP contribution is 2.48. The molecule has 2 aliphatic heterocycles. The number of benzene rings is 2. The number of amides is 4. The van der Waals surface area contributed by atoms with E-state index in [-0.39, 0.29) is 19.4 Å². The Morgan fingerprint density at radius 3 is 2.26 bits per heavy atom. The molecular weight excluding hydrogens is 436 g/mol. The van der Waals surface area contributed by atoms with Gasteiger partial charge in [0.1, 0.15) is 5.54 Å². The number of primary amides is 1. The van der Waals surface area contributed by atoms with Crippen molar-refractivity contribution < 1.29 is 24.3 Å². The number of hydrogen-bond acceptors (Lipinski definition) is 5. The summed E-state index contributed by atoms with van der Waals surface area (Å²) in [5, 5.41) is 18.0. The molecule has 2 heterocycles. The Labute approximate surface area is 196 Å². The number of carbonyl (C=O) groups excluding carboxylic acids is 3. The molecule has 2 aromatic carbocycles. The van der Waals surface area contributed by atoms with Gasteiger partial charge >= 0.3 is 12.0 Å². The zero-order valence-electron chi connectivity index (χ0n) is 18.4. The molecule has 2 aromatic rings. The molecule has 34 heavy (non-hydrogen) atoms. The van der Waals surface area contributed by atoms with E-state index in [4.69, 9.17) is 5.73 Å². The Morgan fingerprint density at radius 2 is 1.65 bits per heavy atom. The quantitative estimate of drug-likeness (QED) is 0.229. The lowest BCUT2D eigenvalue weighted by Gasteiger charge is -2.30. The van der Waals surface area contributed by atoms with Crippen LogP contribution < -0.4 is 21.7 Å². The molecule has 9 heteroatoms. The van der Waals surface area contributed by atoms with E-state index in [0.29, 0.717) is 0 Å². The zero-order chi connectivity index (χ0) is 24.3. The van der Waals surface area contributed by atoms with E-state index in [1.54, 1.807) is 0 Å². The van der Waals surface area contributed by atoms with Gasteiger partial charge in [-0.15, -0.1) is 0 Å². The van der Waals surface area contributed by atoms with Crippen LogP contribution in [0.1, 0.15) is 35.6 Å². The van der Waals surface area contributed by atoms with E-state index in [1.165, 1.54) is 0 Å². The van der Waals surface area contributed by atoms with Gasteiger partial charge in [-0.2, -0.15) is 0 Å². The summed E-state index contributed by atoms with van der Waals surface area (Å²) >= 11 is 0. The van der Waals surface area contributed by atoms with Gasteiger partial charge in [-0.1, -0.05) is 66.7 Å². The molecule has 0 aliphatic carbocycles. The van der Waals surface area contributed by atoms with Crippen molar-refractivity contribution in [3.63, 3.8) is 0 Å². The minimum Gasteiger partial charge on any atom is -0.480 e. The number of fused-ring (bicyclic) bond motifs is 1. The first-order valence-electron chi connectivity index (χ1n) is 11.0. The molecule has 4 unspecified atom stereocenters. The number of carboxylic acids is 1. The number of nitrogens with two attached hydrogens (primary N) is 1. The third kappa shape index (κ3) is 4.42. The first kappa shape index (κ1) is 23.2. The Bertz CT molecular complexity index is 1130. The second kappa shape index (κ2) is 9.48. The fourth-order valence-corrected chi connectivity index (χ4v) is 4.90. The fourth-order valence-electron chi connectivity index (χ4n) is 4.90. The molecule has 0 saturated carbocycles. The molecule has 0 spiro atoms. The topological polar surface area (TPSA) is 151 Å². The van der Waals surface area contributed by atoms with E-state index >= 15 is 0 Å². The van der Waals surface area contributed by atoms with Gasteiger partial charge in [0.05, 0.1) is 11.8 Å². The third-order valence-electron chi connectivity index (χ3n) is 6.49. The van der Waals surface area contributed by atoms with E-state index < -0.39 is 47.2 Å². The minimum atomic E-state index is -1.64. The number of imide groups is 1. The standard InChI is InChI=1S/C25H26N4O5/c26-24(34)27-14-4-13-25(23(32)33)19-18(21(30)28-22(19)31)20(29-25)17-11-9-16(10-12-17)8-7-15-5-2-1-3-6-15/h1-3,5-12,18-20,29H,4,13-14H2,(H,32,33)(H3,26,27,34)(H,28,30,31)/b8-7+. The summed E-state index contributed by atoms with van der Waals surface area (Å²) < 4.78 is 0. The van der Waals surface area contributed by atoms with Crippen LogP contribution >= 0.6 is 0 Å². The van der Waals surface area contributed by atoms with Crippen LogP contribution in [0.15, 0.2) is 54.6 Å². The van der Waals surface area contributed by atoms with Gasteiger partial charge in [0, 0.05) is 12.6 Å². The van der Waals surface area contributed by atoms with Gasteiger partial charge in [-0.05, 0) is 29.5 Å². The number of rotatable bonds is 8. The SMILES string of the molecule is NC(=O)NCCCC1(C(=O)O)NC(c2ccc(/C=C/c3ccccc3)cc2)C2C(=O)NC(=O)C21. The van der Waals surface area contributed by atoms with Crippen molar-refractivity contribution in [3.05, 3.63) is 71.3 Å². The largest absolute Gasteiger partial charge is 0.480 e. The van der Waals surface area contributed by atoms with Crippen molar-refractivity contribution in [2.75, 3.05) is 6.54 Å². The number of urea groups is 1. The number of aliphatic carboxylic acids is 1. The van der Waals surface area contributed by atoms with Gasteiger partial charge in [0.25, 0.3) is 0 Å². The zero-order valence-corrected chi connectivity index (χ0v) is 18.4. The van der Waals surface area contributed by atoms with Crippen molar-refractivity contribution in [1.82, 2.24) is 16.0 Å². The average molecular weight is 463 g/mol. The summed E-state index contributed by atoms with van der Waals surface area (Å²) in [7, 11) is 0. The maximum absolute atomic E-state index is 12.7. The van der Waals surface area contributed by atoms with Crippen LogP contribution in [0.3, 0.4) is 0 Å². The van der Waals surface area contributed by atoms with E-state index in [0.717, 1.165) is 16.7 Å². The normalized spacial score (nSPS) is 25.8. The van der Waals surface area contributed by atoms with Gasteiger partial charge in [0.15, 0.2) is 0 Å². The Kier molecular flexibility index (Phi) is 6.47. The van der Waals surface area contributed by atoms with E-state index in [9.17, 15) is 24.3 Å². The molecule has 9 nitrogen and oxygen atoms in total. The minimum absolute atomic E-state index is 0.0406. The van der Waals surface area contributed by atoms with E-state index in [2.05, 4.69) is 16.0 Å². The molecule has 2 aliphatic rings. The molecule has 4 rings (SSSR count). The van der Waals surface area contributed by atoms with Crippen LogP contribution in [-0.2, 0) is 14.4 Å². The smallest absolute Gasteiger partial charge is 0.324 e. The number of nitrogens with one attached hydrogen (secondary N) is 3. The second-order valence-corrected chi connectivity index (χ2v) is 8.56. The Hall–Kier alpha value is -3.98. The lowest BCUT2D eigenvalue weighted by atomic mass is 9.77. The first-order chi connectivity index (χ1) is 16.3. The summed E-state index contributed by atoms with van der Waals surface area (Å²) in [6.07, 6.45) is 4.25. The monoisotopic (exact) mass is 462 g/mol. The molecule has 176 valence electrons. The summed E-state index contributed by atoms with van der Waals surface area (Å²) in [4.78, 5) is 48.7. The number of carboxylic acid groups (broad SMARTS) is 1. The predicted molar refractivity (Wildman–Crippen MR) is 125 cm³/mol. The summed E-state index contributed by atoms with van der Waals surface area (Å²) in [6, 6.07) is 15.9. The molecule has 6 N–H and O–H groups in total. The molecule has 4 atom stereocenters. The van der Waals surface area contributed by atoms with Crippen molar-refractivity contribution in [2.24, 2.45) is 17.6 Å². The van der Waals surface area contributed by atoms with Crippen LogP contribution in [-0.4, -0.2) is 41.0 Å². The van der Waals surface area contributed by atoms with Crippen LogP contribution in [0.2, 0.25) is 0 Å². The maximum Gasteiger partial charge on any atom is 0.324 e. The van der Waals surface area contributed by atoms with Crippen LogP contribution in [0, 0.1) is 11.8 Å². The summed E-state index contributed by atoms with van der Waals surface area (Å²) in [5.74, 6) is -4.21. The molecular formula is C25H26N4O5.